The summed E-state index contributed by atoms with van der Waals surface area (Å²) in [5, 5.41) is 8.88. The number of aliphatic carboxylic acids is 1. The molecule has 0 unspecified atom stereocenters. The molecule has 2 aliphatic heterocycles. The second-order valence-corrected chi connectivity index (χ2v) is 3.61. The van der Waals surface area contributed by atoms with Gasteiger partial charge in [-0.1, -0.05) is 6.08 Å². The van der Waals surface area contributed by atoms with E-state index in [9.17, 15) is 4.79 Å². The van der Waals surface area contributed by atoms with Gasteiger partial charge in [0.2, 0.25) is 0 Å². The van der Waals surface area contributed by atoms with Gasteiger partial charge in [-0.25, -0.2) is 4.79 Å². The van der Waals surface area contributed by atoms with Crippen LogP contribution in [0.2, 0.25) is 0 Å². The summed E-state index contributed by atoms with van der Waals surface area (Å²) in [6.45, 7) is 0. The monoisotopic (exact) mass is 167 g/mol. The van der Waals surface area contributed by atoms with Crippen LogP contribution in [0.25, 0.3) is 0 Å². The van der Waals surface area contributed by atoms with Crippen LogP contribution in [0.3, 0.4) is 0 Å². The standard InChI is InChI=1S/C9H13NO2/c1-10-6-2-4-7(9(11)12)8(10)5-3-6/h4,6,8H,2-3,5H2,1H3,(H,11,12)/t6-,8-/m0/s1. The fourth-order valence-electron chi connectivity index (χ4n) is 2.30. The van der Waals surface area contributed by atoms with E-state index >= 15 is 0 Å². The van der Waals surface area contributed by atoms with Crippen LogP contribution in [0.1, 0.15) is 19.3 Å². The van der Waals surface area contributed by atoms with Crippen molar-refractivity contribution in [3.8, 4) is 0 Å². The zero-order chi connectivity index (χ0) is 8.72. The van der Waals surface area contributed by atoms with Gasteiger partial charge in [-0.05, 0) is 26.3 Å². The van der Waals surface area contributed by atoms with Crippen molar-refractivity contribution in [2.45, 2.75) is 31.3 Å². The third kappa shape index (κ3) is 0.966. The molecule has 0 spiro atoms. The Morgan fingerprint density at radius 3 is 3.08 bits per heavy atom. The molecule has 12 heavy (non-hydrogen) atoms. The Morgan fingerprint density at radius 1 is 1.67 bits per heavy atom. The highest BCUT2D eigenvalue weighted by Crippen LogP contribution is 2.33. The zero-order valence-corrected chi connectivity index (χ0v) is 7.16. The van der Waals surface area contributed by atoms with Crippen molar-refractivity contribution >= 4 is 5.97 Å². The average molecular weight is 167 g/mol. The predicted molar refractivity (Wildman–Crippen MR) is 44.9 cm³/mol. The first-order valence-electron chi connectivity index (χ1n) is 4.35. The number of likely N-dealkylation sites (N-methyl/N-ethyl adjacent to an activating group) is 1. The van der Waals surface area contributed by atoms with Crippen LogP contribution in [-0.2, 0) is 4.79 Å². The van der Waals surface area contributed by atoms with Gasteiger partial charge in [-0.3, -0.25) is 4.90 Å². The van der Waals surface area contributed by atoms with Gasteiger partial charge >= 0.3 is 5.97 Å². The van der Waals surface area contributed by atoms with Crippen LogP contribution in [0.5, 0.6) is 0 Å². The first-order chi connectivity index (χ1) is 5.70. The number of hydrogen-bond acceptors (Lipinski definition) is 2. The van der Waals surface area contributed by atoms with Crippen molar-refractivity contribution in [1.82, 2.24) is 4.90 Å². The molecule has 2 aliphatic rings. The molecule has 2 bridgehead atoms. The molecule has 0 aliphatic carbocycles. The maximum absolute atomic E-state index is 10.8. The molecule has 0 saturated carbocycles. The fourth-order valence-corrected chi connectivity index (χ4v) is 2.30. The third-order valence-electron chi connectivity index (χ3n) is 3.06. The third-order valence-corrected chi connectivity index (χ3v) is 3.06. The van der Waals surface area contributed by atoms with Crippen LogP contribution in [-0.4, -0.2) is 35.1 Å². The van der Waals surface area contributed by atoms with Gasteiger partial charge in [0, 0.05) is 12.1 Å². The Kier molecular flexibility index (Phi) is 1.68. The molecule has 1 fully saturated rings. The molecule has 0 aromatic heterocycles. The summed E-state index contributed by atoms with van der Waals surface area (Å²) in [6, 6.07) is 0.777. The SMILES string of the molecule is CN1[C@H]2CC=C(C(=O)O)[C@@H]1CC2. The lowest BCUT2D eigenvalue weighted by Gasteiger charge is -2.29. The quantitative estimate of drug-likeness (QED) is 0.629. The van der Waals surface area contributed by atoms with Gasteiger partial charge in [-0.15, -0.1) is 0 Å². The van der Waals surface area contributed by atoms with Gasteiger partial charge in [0.15, 0.2) is 0 Å². The summed E-state index contributed by atoms with van der Waals surface area (Å²) in [5.41, 5.74) is 0.603. The van der Waals surface area contributed by atoms with Crippen LogP contribution >= 0.6 is 0 Å². The minimum absolute atomic E-state index is 0.182. The Labute approximate surface area is 71.7 Å². The average Bonchev–Trinajstić information content (AvgIpc) is 2.32. The lowest BCUT2D eigenvalue weighted by Crippen LogP contribution is -2.38. The minimum atomic E-state index is -0.743. The molecule has 66 valence electrons. The highest BCUT2D eigenvalue weighted by atomic mass is 16.4. The number of fused-ring (bicyclic) bond motifs is 2. The van der Waals surface area contributed by atoms with Crippen molar-refractivity contribution in [2.24, 2.45) is 0 Å². The first kappa shape index (κ1) is 7.80. The van der Waals surface area contributed by atoms with E-state index in [0.717, 1.165) is 19.3 Å². The second-order valence-electron chi connectivity index (χ2n) is 3.61. The number of hydrogen-bond donors (Lipinski definition) is 1. The van der Waals surface area contributed by atoms with Crippen molar-refractivity contribution in [3.63, 3.8) is 0 Å². The van der Waals surface area contributed by atoms with Gasteiger partial charge in [-0.2, -0.15) is 0 Å². The molecule has 2 heterocycles. The lowest BCUT2D eigenvalue weighted by atomic mass is 10.0. The van der Waals surface area contributed by atoms with E-state index in [1.54, 1.807) is 0 Å². The highest BCUT2D eigenvalue weighted by Gasteiger charge is 2.37. The first-order valence-corrected chi connectivity index (χ1v) is 4.35. The number of rotatable bonds is 1. The van der Waals surface area contributed by atoms with E-state index in [-0.39, 0.29) is 6.04 Å². The van der Waals surface area contributed by atoms with Crippen LogP contribution in [0, 0.1) is 0 Å². The van der Waals surface area contributed by atoms with E-state index in [4.69, 9.17) is 5.11 Å². The van der Waals surface area contributed by atoms with Gasteiger partial charge in [0.05, 0.1) is 5.57 Å². The summed E-state index contributed by atoms with van der Waals surface area (Å²) in [4.78, 5) is 13.0. The smallest absolute Gasteiger partial charge is 0.332 e. The Bertz CT molecular complexity index is 247. The van der Waals surface area contributed by atoms with Gasteiger partial charge in [0.25, 0.3) is 0 Å². The highest BCUT2D eigenvalue weighted by molar-refractivity contribution is 5.88. The molecule has 0 radical (unpaired) electrons. The molecule has 1 saturated heterocycles. The Balaban J connectivity index is 2.27. The van der Waals surface area contributed by atoms with Crippen LogP contribution in [0.15, 0.2) is 11.6 Å². The van der Waals surface area contributed by atoms with E-state index in [2.05, 4.69) is 4.90 Å². The summed E-state index contributed by atoms with van der Waals surface area (Å²) >= 11 is 0. The molecule has 1 N–H and O–H groups in total. The van der Waals surface area contributed by atoms with Crippen molar-refractivity contribution in [3.05, 3.63) is 11.6 Å². The molecule has 0 aromatic rings. The van der Waals surface area contributed by atoms with E-state index < -0.39 is 5.97 Å². The fraction of sp³-hybridized carbons (Fsp3) is 0.667. The summed E-state index contributed by atoms with van der Waals surface area (Å²) in [6.07, 6.45) is 4.97. The van der Waals surface area contributed by atoms with E-state index in [0.29, 0.717) is 11.6 Å². The largest absolute Gasteiger partial charge is 0.478 e. The van der Waals surface area contributed by atoms with E-state index in [1.807, 2.05) is 13.1 Å². The molecule has 3 heteroatoms. The van der Waals surface area contributed by atoms with Crippen molar-refractivity contribution < 1.29 is 9.90 Å². The van der Waals surface area contributed by atoms with Crippen LogP contribution < -0.4 is 0 Å². The number of carbonyl (C=O) groups is 1. The molecule has 2 atom stereocenters. The van der Waals surface area contributed by atoms with Gasteiger partial charge in [0.1, 0.15) is 0 Å². The molecular weight excluding hydrogens is 154 g/mol. The minimum Gasteiger partial charge on any atom is -0.478 e. The summed E-state index contributed by atoms with van der Waals surface area (Å²) in [7, 11) is 2.03. The Morgan fingerprint density at radius 2 is 2.42 bits per heavy atom. The number of carboxylic acid groups (broad SMARTS) is 1. The topological polar surface area (TPSA) is 40.5 Å². The molecular formula is C9H13NO2. The molecule has 0 aromatic carbocycles. The maximum atomic E-state index is 10.8. The summed E-state index contributed by atoms with van der Waals surface area (Å²) < 4.78 is 0. The number of nitrogens with zero attached hydrogens (tertiary/aromatic N) is 1. The van der Waals surface area contributed by atoms with Crippen molar-refractivity contribution in [1.29, 1.82) is 0 Å². The van der Waals surface area contributed by atoms with E-state index in [1.165, 1.54) is 0 Å². The van der Waals surface area contributed by atoms with Crippen molar-refractivity contribution in [2.75, 3.05) is 7.05 Å². The zero-order valence-electron chi connectivity index (χ0n) is 7.16. The number of carboxylic acids is 1. The van der Waals surface area contributed by atoms with Crippen LogP contribution in [0.4, 0.5) is 0 Å². The molecule has 2 rings (SSSR count). The molecule has 0 amide bonds. The normalized spacial score (nSPS) is 34.9. The second kappa shape index (κ2) is 2.59. The maximum Gasteiger partial charge on any atom is 0.332 e. The summed E-state index contributed by atoms with van der Waals surface area (Å²) in [5.74, 6) is -0.743. The predicted octanol–water partition coefficient (Wildman–Crippen LogP) is 0.864. The molecule has 3 nitrogen and oxygen atoms in total. The Hall–Kier alpha value is -0.830. The van der Waals surface area contributed by atoms with Gasteiger partial charge < -0.3 is 5.11 Å². The lowest BCUT2D eigenvalue weighted by molar-refractivity contribution is -0.133.